The zero-order valence-corrected chi connectivity index (χ0v) is 20.9. The van der Waals surface area contributed by atoms with Crippen LogP contribution in [0.2, 0.25) is 0 Å². The molecule has 5 heterocycles. The van der Waals surface area contributed by atoms with Crippen LogP contribution < -0.4 is 10.2 Å². The second-order valence-electron chi connectivity index (χ2n) is 10.4. The Hall–Kier alpha value is -3.76. The van der Waals surface area contributed by atoms with Gasteiger partial charge in [0.15, 0.2) is 11.5 Å². The summed E-state index contributed by atoms with van der Waals surface area (Å²) in [5, 5.41) is 19.9. The number of nitrogens with one attached hydrogen (secondary N) is 1. The Kier molecular flexibility index (Phi) is 5.78. The van der Waals surface area contributed by atoms with Gasteiger partial charge in [0.05, 0.1) is 36.0 Å². The van der Waals surface area contributed by atoms with Crippen LogP contribution in [0, 0.1) is 5.92 Å². The van der Waals surface area contributed by atoms with Crippen molar-refractivity contribution < 1.29 is 4.79 Å². The first-order chi connectivity index (χ1) is 16.7. The molecule has 1 amide bonds. The Balaban J connectivity index is 1.27. The fourth-order valence-electron chi connectivity index (χ4n) is 4.61. The minimum Gasteiger partial charge on any atom is -0.352 e. The van der Waals surface area contributed by atoms with Gasteiger partial charge in [-0.1, -0.05) is 5.21 Å². The molecule has 4 aromatic heterocycles. The number of carbonyl (C=O) groups excluding carboxylic acids is 1. The molecule has 0 saturated carbocycles. The lowest BCUT2D eigenvalue weighted by Crippen LogP contribution is -2.44. The average molecular weight is 477 g/mol. The molecule has 0 spiro atoms. The number of hydrogen-bond donors (Lipinski definition) is 1. The third-order valence-corrected chi connectivity index (χ3v) is 6.59. The van der Waals surface area contributed by atoms with Crippen LogP contribution >= 0.6 is 0 Å². The largest absolute Gasteiger partial charge is 0.352 e. The van der Waals surface area contributed by atoms with E-state index in [1.165, 1.54) is 0 Å². The van der Waals surface area contributed by atoms with E-state index in [-0.39, 0.29) is 17.5 Å². The van der Waals surface area contributed by atoms with Crippen LogP contribution in [-0.4, -0.2) is 64.4 Å². The van der Waals surface area contributed by atoms with E-state index < -0.39 is 0 Å². The monoisotopic (exact) mass is 476 g/mol. The quantitative estimate of drug-likeness (QED) is 0.471. The highest BCUT2D eigenvalue weighted by Gasteiger charge is 2.29. The highest BCUT2D eigenvalue weighted by Crippen LogP contribution is 2.31. The number of carbonyl (C=O) groups is 1. The molecule has 0 aromatic carbocycles. The van der Waals surface area contributed by atoms with Gasteiger partial charge in [-0.15, -0.1) is 5.10 Å². The molecule has 1 fully saturated rings. The van der Waals surface area contributed by atoms with E-state index in [9.17, 15) is 4.79 Å². The number of piperidine rings is 1. The number of hydrogen-bond acceptors (Lipinski definition) is 7. The highest BCUT2D eigenvalue weighted by molar-refractivity contribution is 5.91. The predicted octanol–water partition coefficient (Wildman–Crippen LogP) is 2.51. The van der Waals surface area contributed by atoms with Gasteiger partial charge < -0.3 is 10.2 Å². The fraction of sp³-hybridized carbons (Fsp3) is 0.500. The lowest BCUT2D eigenvalue weighted by Gasteiger charge is -2.39. The standard InChI is InChI=1S/C24H32N10O/c1-16-10-17(11-25-23(35)20-15-34(30-29-20)24(2,3)4)7-9-32(16)22-21-6-8-26-33(21)14-19(28-22)18-12-27-31(5)13-18/h6,8,12-17H,7,9-11H2,1-5H3,(H,25,35)/t16-,17+/m0/s1. The summed E-state index contributed by atoms with van der Waals surface area (Å²) < 4.78 is 5.37. The van der Waals surface area contributed by atoms with Crippen LogP contribution in [0.5, 0.6) is 0 Å². The summed E-state index contributed by atoms with van der Waals surface area (Å²) in [6, 6.07) is 2.27. The van der Waals surface area contributed by atoms with Gasteiger partial charge in [-0.3, -0.25) is 9.48 Å². The van der Waals surface area contributed by atoms with E-state index in [0.717, 1.165) is 42.0 Å². The van der Waals surface area contributed by atoms with Crippen molar-refractivity contribution >= 4 is 17.2 Å². The maximum atomic E-state index is 12.6. The summed E-state index contributed by atoms with van der Waals surface area (Å²) in [5.74, 6) is 1.13. The zero-order chi connectivity index (χ0) is 24.7. The van der Waals surface area contributed by atoms with Crippen LogP contribution in [0.3, 0.4) is 0 Å². The Labute approximate surface area is 204 Å². The molecule has 0 radical (unpaired) electrons. The van der Waals surface area contributed by atoms with Crippen molar-refractivity contribution in [2.24, 2.45) is 13.0 Å². The first-order valence-corrected chi connectivity index (χ1v) is 12.0. The van der Waals surface area contributed by atoms with E-state index in [4.69, 9.17) is 4.98 Å². The first-order valence-electron chi connectivity index (χ1n) is 12.0. The molecule has 0 aliphatic carbocycles. The van der Waals surface area contributed by atoms with Crippen molar-refractivity contribution in [1.82, 2.24) is 44.7 Å². The molecule has 35 heavy (non-hydrogen) atoms. The predicted molar refractivity (Wildman–Crippen MR) is 132 cm³/mol. The molecule has 2 atom stereocenters. The SMILES string of the molecule is C[C@H]1C[C@H](CNC(=O)c2cn(C(C)(C)C)nn2)CCN1c1nc(-c2cnn(C)c2)cn2nccc12. The zero-order valence-electron chi connectivity index (χ0n) is 20.9. The Morgan fingerprint density at radius 2 is 2.03 bits per heavy atom. The third kappa shape index (κ3) is 4.62. The van der Waals surface area contributed by atoms with Crippen molar-refractivity contribution in [3.63, 3.8) is 0 Å². The fourth-order valence-corrected chi connectivity index (χ4v) is 4.61. The number of aryl methyl sites for hydroxylation is 1. The smallest absolute Gasteiger partial charge is 0.273 e. The van der Waals surface area contributed by atoms with Crippen molar-refractivity contribution in [3.05, 3.63) is 42.7 Å². The Morgan fingerprint density at radius 1 is 1.20 bits per heavy atom. The lowest BCUT2D eigenvalue weighted by molar-refractivity contribution is 0.0938. The van der Waals surface area contributed by atoms with Gasteiger partial charge in [0.1, 0.15) is 5.52 Å². The van der Waals surface area contributed by atoms with Gasteiger partial charge in [-0.25, -0.2) is 14.2 Å². The Morgan fingerprint density at radius 3 is 2.71 bits per heavy atom. The number of aromatic nitrogens is 8. The summed E-state index contributed by atoms with van der Waals surface area (Å²) in [5.41, 5.74) is 2.92. The van der Waals surface area contributed by atoms with Gasteiger partial charge >= 0.3 is 0 Å². The molecule has 5 rings (SSSR count). The maximum Gasteiger partial charge on any atom is 0.273 e. The summed E-state index contributed by atoms with van der Waals surface area (Å²) in [7, 11) is 1.90. The average Bonchev–Trinajstić information content (AvgIpc) is 3.56. The molecule has 4 aromatic rings. The molecule has 11 heteroatoms. The van der Waals surface area contributed by atoms with Crippen molar-refractivity contribution in [1.29, 1.82) is 0 Å². The molecule has 1 N–H and O–H groups in total. The van der Waals surface area contributed by atoms with Gasteiger partial charge in [0.2, 0.25) is 0 Å². The summed E-state index contributed by atoms with van der Waals surface area (Å²) in [6.07, 6.45) is 11.1. The van der Waals surface area contributed by atoms with Gasteiger partial charge in [0.25, 0.3) is 5.91 Å². The van der Waals surface area contributed by atoms with E-state index in [2.05, 4.69) is 37.6 Å². The molecule has 1 aliphatic heterocycles. The van der Waals surface area contributed by atoms with Crippen LogP contribution in [0.25, 0.3) is 16.8 Å². The molecule has 11 nitrogen and oxygen atoms in total. The van der Waals surface area contributed by atoms with E-state index in [0.29, 0.717) is 18.2 Å². The van der Waals surface area contributed by atoms with Crippen molar-refractivity contribution in [3.8, 4) is 11.3 Å². The normalized spacial score (nSPS) is 18.8. The van der Waals surface area contributed by atoms with Crippen molar-refractivity contribution in [2.75, 3.05) is 18.0 Å². The molecular formula is C24H32N10O. The molecule has 0 unspecified atom stereocenters. The summed E-state index contributed by atoms with van der Waals surface area (Å²) in [4.78, 5) is 20.0. The topological polar surface area (TPSA) is 111 Å². The molecule has 1 aliphatic rings. The van der Waals surface area contributed by atoms with Crippen LogP contribution in [0.15, 0.2) is 37.1 Å². The van der Waals surface area contributed by atoms with Crippen LogP contribution in [0.4, 0.5) is 5.82 Å². The number of rotatable bonds is 5. The Bertz CT molecular complexity index is 1340. The minimum atomic E-state index is -0.211. The summed E-state index contributed by atoms with van der Waals surface area (Å²) >= 11 is 0. The molecule has 184 valence electrons. The number of nitrogens with zero attached hydrogens (tertiary/aromatic N) is 9. The molecule has 0 bridgehead atoms. The molecule has 1 saturated heterocycles. The minimum absolute atomic E-state index is 0.178. The maximum absolute atomic E-state index is 12.6. The van der Waals surface area contributed by atoms with E-state index in [1.54, 1.807) is 21.8 Å². The van der Waals surface area contributed by atoms with Gasteiger partial charge in [-0.2, -0.15) is 10.2 Å². The van der Waals surface area contributed by atoms with E-state index >= 15 is 0 Å². The highest BCUT2D eigenvalue weighted by atomic mass is 16.2. The third-order valence-electron chi connectivity index (χ3n) is 6.59. The van der Waals surface area contributed by atoms with Crippen LogP contribution in [0.1, 0.15) is 51.0 Å². The number of fused-ring (bicyclic) bond motifs is 1. The summed E-state index contributed by atoms with van der Waals surface area (Å²) in [6.45, 7) is 9.76. The van der Waals surface area contributed by atoms with Crippen molar-refractivity contribution in [2.45, 2.75) is 52.1 Å². The lowest BCUT2D eigenvalue weighted by atomic mass is 9.91. The van der Waals surface area contributed by atoms with E-state index in [1.807, 2.05) is 57.0 Å². The number of anilines is 1. The first kappa shape index (κ1) is 23.0. The van der Waals surface area contributed by atoms with Gasteiger partial charge in [0, 0.05) is 37.9 Å². The second kappa shape index (κ2) is 8.79. The number of amides is 1. The van der Waals surface area contributed by atoms with Gasteiger partial charge in [-0.05, 0) is 52.5 Å². The second-order valence-corrected chi connectivity index (χ2v) is 10.4. The molecular weight excluding hydrogens is 444 g/mol. The van der Waals surface area contributed by atoms with Crippen LogP contribution in [-0.2, 0) is 12.6 Å².